The smallest absolute Gasteiger partial charge is 0.221 e. The molecule has 0 radical (unpaired) electrons. The van der Waals surface area contributed by atoms with Crippen molar-refractivity contribution in [2.75, 3.05) is 5.32 Å². The highest BCUT2D eigenvalue weighted by Crippen LogP contribution is 2.34. The molecule has 0 atom stereocenters. The Hall–Kier alpha value is -4.43. The average Bonchev–Trinajstić information content (AvgIpc) is 3.11. The molecule has 0 bridgehead atoms. The van der Waals surface area contributed by atoms with Gasteiger partial charge < -0.3 is 9.88 Å². The van der Waals surface area contributed by atoms with Crippen molar-refractivity contribution in [3.05, 3.63) is 95.6 Å². The van der Waals surface area contributed by atoms with Crippen LogP contribution in [0.25, 0.3) is 28.2 Å². The van der Waals surface area contributed by atoms with Crippen molar-refractivity contribution in [3.8, 4) is 17.3 Å². The molecule has 0 spiro atoms. The zero-order valence-electron chi connectivity index (χ0n) is 17.8. The molecule has 1 N–H and O–H groups in total. The number of nitrogens with zero attached hydrogens (tertiary/aromatic N) is 2. The monoisotopic (exact) mass is 419 g/mol. The van der Waals surface area contributed by atoms with Crippen molar-refractivity contribution in [3.63, 3.8) is 0 Å². The molecular formula is C27H21N3O2. The maximum absolute atomic E-state index is 13.7. The molecule has 1 aromatic heterocycles. The predicted octanol–water partition coefficient (Wildman–Crippen LogP) is 5.59. The summed E-state index contributed by atoms with van der Waals surface area (Å²) in [7, 11) is 1.93. The van der Waals surface area contributed by atoms with Crippen LogP contribution in [0.5, 0.6) is 0 Å². The third-order valence-electron chi connectivity index (χ3n) is 5.29. The number of nitrogens with one attached hydrogen (secondary N) is 1. The van der Waals surface area contributed by atoms with Gasteiger partial charge in [-0.25, -0.2) is 0 Å². The van der Waals surface area contributed by atoms with E-state index in [9.17, 15) is 14.9 Å². The molecule has 0 saturated carbocycles. The van der Waals surface area contributed by atoms with Crippen LogP contribution in [0.2, 0.25) is 0 Å². The standard InChI is InChI=1S/C27H21N3O2/c1-18(31)29-22-14-12-19(13-15-22)16-21(17-28)27(32)25-23-10-6-7-11-24(23)30(2)26(25)20-8-4-3-5-9-20/h3-16H,1-2H3,(H,29,31)/b21-16+. The quantitative estimate of drug-likeness (QED) is 0.260. The van der Waals surface area contributed by atoms with E-state index in [0.29, 0.717) is 16.8 Å². The Morgan fingerprint density at radius 3 is 2.25 bits per heavy atom. The van der Waals surface area contributed by atoms with E-state index in [1.54, 1.807) is 30.3 Å². The molecule has 1 heterocycles. The van der Waals surface area contributed by atoms with Gasteiger partial charge in [-0.15, -0.1) is 0 Å². The normalized spacial score (nSPS) is 11.2. The van der Waals surface area contributed by atoms with Crippen LogP contribution >= 0.6 is 0 Å². The molecule has 0 fully saturated rings. The summed E-state index contributed by atoms with van der Waals surface area (Å²) < 4.78 is 2.00. The van der Waals surface area contributed by atoms with Gasteiger partial charge in [0.2, 0.25) is 11.7 Å². The van der Waals surface area contributed by atoms with Gasteiger partial charge in [-0.2, -0.15) is 5.26 Å². The summed E-state index contributed by atoms with van der Waals surface area (Å²) in [6.45, 7) is 1.44. The fourth-order valence-electron chi connectivity index (χ4n) is 3.87. The second-order valence-corrected chi connectivity index (χ2v) is 7.47. The summed E-state index contributed by atoms with van der Waals surface area (Å²) in [6, 6.07) is 26.5. The minimum Gasteiger partial charge on any atom is -0.343 e. The van der Waals surface area contributed by atoms with Crippen molar-refractivity contribution in [1.82, 2.24) is 4.57 Å². The van der Waals surface area contributed by atoms with Crippen LogP contribution < -0.4 is 5.32 Å². The zero-order valence-corrected chi connectivity index (χ0v) is 17.8. The molecule has 3 aromatic carbocycles. The number of hydrogen-bond acceptors (Lipinski definition) is 3. The molecule has 5 heteroatoms. The Balaban J connectivity index is 1.83. The number of allylic oxidation sites excluding steroid dienone is 1. The fraction of sp³-hybridized carbons (Fsp3) is 0.0741. The van der Waals surface area contributed by atoms with Gasteiger partial charge >= 0.3 is 0 Å². The molecule has 0 aliphatic carbocycles. The third kappa shape index (κ3) is 3.94. The second kappa shape index (κ2) is 8.75. The molecule has 0 saturated heterocycles. The number of benzene rings is 3. The highest BCUT2D eigenvalue weighted by atomic mass is 16.1. The van der Waals surface area contributed by atoms with Crippen molar-refractivity contribution in [2.24, 2.45) is 7.05 Å². The SMILES string of the molecule is CC(=O)Nc1ccc(/C=C(\C#N)C(=O)c2c(-c3ccccc3)n(C)c3ccccc23)cc1. The van der Waals surface area contributed by atoms with Crippen LogP contribution in [-0.2, 0) is 11.8 Å². The average molecular weight is 419 g/mol. The number of para-hydroxylation sites is 1. The first kappa shape index (κ1) is 20.8. The topological polar surface area (TPSA) is 74.9 Å². The van der Waals surface area contributed by atoms with Gasteiger partial charge in [-0.05, 0) is 35.4 Å². The number of carbonyl (C=O) groups excluding carboxylic acids is 2. The number of fused-ring (bicyclic) bond motifs is 1. The molecular weight excluding hydrogens is 398 g/mol. The molecule has 156 valence electrons. The highest BCUT2D eigenvalue weighted by Gasteiger charge is 2.24. The minimum atomic E-state index is -0.325. The molecule has 0 aliphatic heterocycles. The van der Waals surface area contributed by atoms with E-state index in [0.717, 1.165) is 22.2 Å². The third-order valence-corrected chi connectivity index (χ3v) is 5.29. The number of aromatic nitrogens is 1. The number of carbonyl (C=O) groups is 2. The lowest BCUT2D eigenvalue weighted by Gasteiger charge is -2.08. The lowest BCUT2D eigenvalue weighted by molar-refractivity contribution is -0.114. The Morgan fingerprint density at radius 2 is 1.59 bits per heavy atom. The molecule has 4 rings (SSSR count). The zero-order chi connectivity index (χ0) is 22.7. The molecule has 0 aliphatic rings. The van der Waals surface area contributed by atoms with E-state index in [2.05, 4.69) is 11.4 Å². The van der Waals surface area contributed by atoms with Gasteiger partial charge in [0.05, 0.1) is 11.3 Å². The Bertz CT molecular complexity index is 1390. The van der Waals surface area contributed by atoms with Crippen LogP contribution in [0.15, 0.2) is 84.4 Å². The van der Waals surface area contributed by atoms with E-state index in [-0.39, 0.29) is 17.3 Å². The molecule has 32 heavy (non-hydrogen) atoms. The van der Waals surface area contributed by atoms with E-state index in [4.69, 9.17) is 0 Å². The van der Waals surface area contributed by atoms with Crippen LogP contribution in [0, 0.1) is 11.3 Å². The number of nitriles is 1. The van der Waals surface area contributed by atoms with Crippen LogP contribution in [0.3, 0.4) is 0 Å². The van der Waals surface area contributed by atoms with Crippen molar-refractivity contribution in [2.45, 2.75) is 6.92 Å². The number of amides is 1. The Kier molecular flexibility index (Phi) is 5.69. The number of anilines is 1. The first-order valence-electron chi connectivity index (χ1n) is 10.2. The fourth-order valence-corrected chi connectivity index (χ4v) is 3.87. The van der Waals surface area contributed by atoms with Crippen LogP contribution in [0.4, 0.5) is 5.69 Å². The maximum Gasteiger partial charge on any atom is 0.221 e. The second-order valence-electron chi connectivity index (χ2n) is 7.47. The largest absolute Gasteiger partial charge is 0.343 e. The summed E-state index contributed by atoms with van der Waals surface area (Å²) in [5, 5.41) is 13.3. The summed E-state index contributed by atoms with van der Waals surface area (Å²) in [4.78, 5) is 24.9. The number of rotatable bonds is 5. The van der Waals surface area contributed by atoms with Gasteiger partial charge in [-0.3, -0.25) is 9.59 Å². The van der Waals surface area contributed by atoms with E-state index >= 15 is 0 Å². The molecule has 4 aromatic rings. The van der Waals surface area contributed by atoms with Crippen LogP contribution in [0.1, 0.15) is 22.8 Å². The van der Waals surface area contributed by atoms with Gasteiger partial charge in [-0.1, -0.05) is 60.7 Å². The number of aryl methyl sites for hydroxylation is 1. The summed E-state index contributed by atoms with van der Waals surface area (Å²) in [5.41, 5.74) is 4.52. The lowest BCUT2D eigenvalue weighted by atomic mass is 9.96. The Labute approximate surface area is 186 Å². The van der Waals surface area contributed by atoms with E-state index in [1.165, 1.54) is 6.92 Å². The van der Waals surface area contributed by atoms with Gasteiger partial charge in [0.15, 0.2) is 0 Å². The van der Waals surface area contributed by atoms with Crippen molar-refractivity contribution >= 4 is 34.4 Å². The first-order valence-corrected chi connectivity index (χ1v) is 10.2. The Morgan fingerprint density at radius 1 is 0.938 bits per heavy atom. The number of Topliss-reactive ketones (excluding diaryl/α,β-unsaturated/α-hetero) is 1. The van der Waals surface area contributed by atoms with Gasteiger partial charge in [0, 0.05) is 30.6 Å². The van der Waals surface area contributed by atoms with Crippen molar-refractivity contribution < 1.29 is 9.59 Å². The summed E-state index contributed by atoms with van der Waals surface area (Å²) >= 11 is 0. The highest BCUT2D eigenvalue weighted by molar-refractivity contribution is 6.23. The van der Waals surface area contributed by atoms with E-state index in [1.807, 2.05) is 66.2 Å². The molecule has 5 nitrogen and oxygen atoms in total. The minimum absolute atomic E-state index is 0.0470. The number of ketones is 1. The van der Waals surface area contributed by atoms with Gasteiger partial charge in [0.25, 0.3) is 0 Å². The van der Waals surface area contributed by atoms with E-state index < -0.39 is 0 Å². The summed E-state index contributed by atoms with van der Waals surface area (Å²) in [5.74, 6) is -0.486. The number of hydrogen-bond donors (Lipinski definition) is 1. The molecule has 0 unspecified atom stereocenters. The summed E-state index contributed by atoms with van der Waals surface area (Å²) in [6.07, 6.45) is 1.58. The lowest BCUT2D eigenvalue weighted by Crippen LogP contribution is -2.06. The first-order chi connectivity index (χ1) is 15.5. The van der Waals surface area contributed by atoms with Gasteiger partial charge in [0.1, 0.15) is 11.6 Å². The molecule has 1 amide bonds. The van der Waals surface area contributed by atoms with Crippen LogP contribution in [-0.4, -0.2) is 16.3 Å². The maximum atomic E-state index is 13.7. The van der Waals surface area contributed by atoms with Crippen molar-refractivity contribution in [1.29, 1.82) is 5.26 Å². The predicted molar refractivity (Wildman–Crippen MR) is 127 cm³/mol.